The van der Waals surface area contributed by atoms with Crippen LogP contribution in [-0.4, -0.2) is 84.6 Å². The van der Waals surface area contributed by atoms with E-state index in [4.69, 9.17) is 5.73 Å². The Morgan fingerprint density at radius 3 is 2.32 bits per heavy atom. The van der Waals surface area contributed by atoms with Gasteiger partial charge in [0.2, 0.25) is 11.9 Å². The third kappa shape index (κ3) is 7.69. The van der Waals surface area contributed by atoms with Crippen LogP contribution in [0.5, 0.6) is 0 Å². The van der Waals surface area contributed by atoms with Gasteiger partial charge in [-0.1, -0.05) is 48.0 Å². The van der Waals surface area contributed by atoms with Crippen molar-refractivity contribution in [3.8, 4) is 0 Å². The average Bonchev–Trinajstić information content (AvgIpc) is 3.37. The molecule has 2 saturated heterocycles. The van der Waals surface area contributed by atoms with Crippen LogP contribution in [0.1, 0.15) is 30.4 Å². The first-order valence-corrected chi connectivity index (χ1v) is 13.2. The molecule has 2 aromatic rings. The van der Waals surface area contributed by atoms with E-state index in [0.29, 0.717) is 12.6 Å². The summed E-state index contributed by atoms with van der Waals surface area (Å²) < 4.78 is 12.1. The molecule has 0 spiro atoms. The largest absolute Gasteiger partial charge is 0.342 e. The normalized spacial score (nSPS) is 22.3. The lowest BCUT2D eigenvalue weighted by Crippen LogP contribution is -2.48. The lowest BCUT2D eigenvalue weighted by atomic mass is 10.0. The quantitative estimate of drug-likeness (QED) is 0.690. The summed E-state index contributed by atoms with van der Waals surface area (Å²) in [5.41, 5.74) is 8.41. The number of benzene rings is 2. The number of rotatable bonds is 4. The number of nitrogens with two attached hydrogens (primary N) is 1. The summed E-state index contributed by atoms with van der Waals surface area (Å²) in [4.78, 5) is 28.5. The van der Waals surface area contributed by atoms with E-state index >= 15 is 0 Å². The van der Waals surface area contributed by atoms with Gasteiger partial charge in [0, 0.05) is 58.1 Å². The molecule has 3 aliphatic rings. The maximum atomic E-state index is 13.0. The Labute approximate surface area is 219 Å². The molecule has 3 aliphatic heterocycles. The number of nitrogens with zero attached hydrogens (tertiary/aromatic N) is 5. The number of halogens is 1. The number of carbonyl (C=O) groups is 1. The van der Waals surface area contributed by atoms with Crippen LogP contribution in [-0.2, 0) is 11.3 Å². The molecule has 5 rings (SSSR count). The summed E-state index contributed by atoms with van der Waals surface area (Å²) in [6.07, 6.45) is 4.79. The van der Waals surface area contributed by atoms with Crippen LogP contribution in [0, 0.1) is 18.7 Å². The molecule has 2 atom stereocenters. The number of likely N-dealkylation sites (tertiary alicyclic amines) is 2. The molecule has 3 heterocycles. The molecule has 0 aliphatic carbocycles. The molecule has 37 heavy (non-hydrogen) atoms. The van der Waals surface area contributed by atoms with Crippen molar-refractivity contribution < 1.29 is 9.18 Å². The number of piperidine rings is 1. The fraction of sp³-hybridized carbons (Fsp3) is 0.483. The SMILES string of the molecule is CN(C(=O)C1C=NC(N2CCC(N)C2)=NC1)C1CCN(Cc2ccccc2)CC1.Cc1ccc(F)cc1. The van der Waals surface area contributed by atoms with Crippen LogP contribution < -0.4 is 5.73 Å². The van der Waals surface area contributed by atoms with Crippen molar-refractivity contribution in [2.45, 2.75) is 44.8 Å². The Hall–Kier alpha value is -3.10. The van der Waals surface area contributed by atoms with E-state index in [0.717, 1.165) is 63.5 Å². The topological polar surface area (TPSA) is 77.5 Å². The molecule has 0 radical (unpaired) electrons. The number of hydrogen-bond acceptors (Lipinski definition) is 6. The van der Waals surface area contributed by atoms with Gasteiger partial charge in [0.1, 0.15) is 5.82 Å². The molecule has 1 amide bonds. The first kappa shape index (κ1) is 26.9. The zero-order chi connectivity index (χ0) is 26.2. The van der Waals surface area contributed by atoms with E-state index in [-0.39, 0.29) is 23.7 Å². The minimum Gasteiger partial charge on any atom is -0.342 e. The predicted octanol–water partition coefficient (Wildman–Crippen LogP) is 3.33. The highest BCUT2D eigenvalue weighted by Crippen LogP contribution is 2.20. The summed E-state index contributed by atoms with van der Waals surface area (Å²) >= 11 is 0. The van der Waals surface area contributed by atoms with Crippen LogP contribution in [0.15, 0.2) is 64.6 Å². The second-order valence-corrected chi connectivity index (χ2v) is 10.3. The van der Waals surface area contributed by atoms with Gasteiger partial charge < -0.3 is 15.5 Å². The summed E-state index contributed by atoms with van der Waals surface area (Å²) in [5, 5.41) is 0. The highest BCUT2D eigenvalue weighted by molar-refractivity contribution is 6.00. The fourth-order valence-corrected chi connectivity index (χ4v) is 5.00. The highest BCUT2D eigenvalue weighted by atomic mass is 19.1. The Kier molecular flexibility index (Phi) is 9.41. The van der Waals surface area contributed by atoms with Crippen molar-refractivity contribution in [2.24, 2.45) is 21.6 Å². The number of aryl methyl sites for hydroxylation is 1. The fourth-order valence-electron chi connectivity index (χ4n) is 5.00. The first-order chi connectivity index (χ1) is 17.9. The number of hydrogen-bond donors (Lipinski definition) is 1. The molecule has 2 N–H and O–H groups in total. The van der Waals surface area contributed by atoms with Crippen molar-refractivity contribution >= 4 is 18.1 Å². The van der Waals surface area contributed by atoms with Gasteiger partial charge in [-0.05, 0) is 43.9 Å². The van der Waals surface area contributed by atoms with Crippen molar-refractivity contribution in [1.82, 2.24) is 14.7 Å². The number of aliphatic imine (C=N–C) groups is 2. The Morgan fingerprint density at radius 2 is 1.76 bits per heavy atom. The number of amides is 1. The van der Waals surface area contributed by atoms with Gasteiger partial charge in [0.25, 0.3) is 0 Å². The second-order valence-electron chi connectivity index (χ2n) is 10.3. The van der Waals surface area contributed by atoms with E-state index in [1.54, 1.807) is 18.3 Å². The molecular formula is C29H39FN6O. The second kappa shape index (κ2) is 12.9. The summed E-state index contributed by atoms with van der Waals surface area (Å²) in [6, 6.07) is 17.5. The molecule has 198 valence electrons. The zero-order valence-electron chi connectivity index (χ0n) is 22.0. The Balaban J connectivity index is 0.000000342. The number of guanidine groups is 1. The van der Waals surface area contributed by atoms with Crippen LogP contribution in [0.2, 0.25) is 0 Å². The smallest absolute Gasteiger partial charge is 0.232 e. The molecule has 0 saturated carbocycles. The maximum absolute atomic E-state index is 13.0. The van der Waals surface area contributed by atoms with Gasteiger partial charge in [-0.2, -0.15) is 0 Å². The lowest BCUT2D eigenvalue weighted by molar-refractivity contribution is -0.134. The summed E-state index contributed by atoms with van der Waals surface area (Å²) in [6.45, 7) is 7.15. The van der Waals surface area contributed by atoms with E-state index < -0.39 is 0 Å². The molecule has 0 bridgehead atoms. The van der Waals surface area contributed by atoms with Crippen LogP contribution in [0.4, 0.5) is 4.39 Å². The molecule has 2 aromatic carbocycles. The van der Waals surface area contributed by atoms with E-state index in [1.165, 1.54) is 17.7 Å². The van der Waals surface area contributed by atoms with Crippen LogP contribution >= 0.6 is 0 Å². The monoisotopic (exact) mass is 506 g/mol. The van der Waals surface area contributed by atoms with Crippen molar-refractivity contribution in [3.63, 3.8) is 0 Å². The maximum Gasteiger partial charge on any atom is 0.232 e. The van der Waals surface area contributed by atoms with Crippen molar-refractivity contribution in [1.29, 1.82) is 0 Å². The molecule has 8 heteroatoms. The Morgan fingerprint density at radius 1 is 1.05 bits per heavy atom. The Bertz CT molecular complexity index is 1040. The minimum absolute atomic E-state index is 0.135. The summed E-state index contributed by atoms with van der Waals surface area (Å²) in [7, 11) is 1.94. The van der Waals surface area contributed by atoms with Crippen LogP contribution in [0.3, 0.4) is 0 Å². The van der Waals surface area contributed by atoms with Crippen LogP contribution in [0.25, 0.3) is 0 Å². The molecule has 2 fully saturated rings. The standard InChI is InChI=1S/C22H32N6O.C7H7F/c1-26(20-8-10-27(11-9-20)15-17-5-3-2-4-6-17)21(29)18-13-24-22(25-14-18)28-12-7-19(23)16-28;1-6-2-4-7(8)5-3-6/h2-6,13,18-20H,7-12,14-16,23H2,1H3;2-5H,1H3. The third-order valence-electron chi connectivity index (χ3n) is 7.34. The highest BCUT2D eigenvalue weighted by Gasteiger charge is 2.31. The third-order valence-corrected chi connectivity index (χ3v) is 7.34. The molecule has 7 nitrogen and oxygen atoms in total. The molecule has 0 aromatic heterocycles. The first-order valence-electron chi connectivity index (χ1n) is 13.2. The number of carbonyl (C=O) groups excluding carboxylic acids is 1. The van der Waals surface area contributed by atoms with Gasteiger partial charge >= 0.3 is 0 Å². The van der Waals surface area contributed by atoms with E-state index in [1.807, 2.05) is 18.9 Å². The molecule has 2 unspecified atom stereocenters. The van der Waals surface area contributed by atoms with Crippen molar-refractivity contribution in [3.05, 3.63) is 71.5 Å². The predicted molar refractivity (Wildman–Crippen MR) is 147 cm³/mol. The van der Waals surface area contributed by atoms with Gasteiger partial charge in [0.05, 0.1) is 12.5 Å². The van der Waals surface area contributed by atoms with Crippen molar-refractivity contribution in [2.75, 3.05) is 39.8 Å². The average molecular weight is 507 g/mol. The van der Waals surface area contributed by atoms with Gasteiger partial charge in [0.15, 0.2) is 0 Å². The van der Waals surface area contributed by atoms with Gasteiger partial charge in [-0.15, -0.1) is 0 Å². The summed E-state index contributed by atoms with van der Waals surface area (Å²) in [5.74, 6) is 0.452. The van der Waals surface area contributed by atoms with Gasteiger partial charge in [-0.25, -0.2) is 14.4 Å². The lowest BCUT2D eigenvalue weighted by Gasteiger charge is -2.37. The van der Waals surface area contributed by atoms with E-state index in [2.05, 4.69) is 50.1 Å². The molecular weight excluding hydrogens is 467 g/mol. The zero-order valence-corrected chi connectivity index (χ0v) is 22.0. The minimum atomic E-state index is -0.248. The van der Waals surface area contributed by atoms with E-state index in [9.17, 15) is 9.18 Å². The van der Waals surface area contributed by atoms with Gasteiger partial charge in [-0.3, -0.25) is 9.69 Å².